The number of nitrogens with zero attached hydrogens (tertiary/aromatic N) is 2. The Hall–Kier alpha value is -4.09. The predicted octanol–water partition coefficient (Wildman–Crippen LogP) is 2.85. The number of hydrogen-bond donors (Lipinski definition) is 3. The van der Waals surface area contributed by atoms with Crippen molar-refractivity contribution in [2.24, 2.45) is 0 Å². The molecule has 3 aromatic carbocycles. The molecule has 0 saturated heterocycles. The van der Waals surface area contributed by atoms with E-state index in [2.05, 4.69) is 5.32 Å². The molecule has 0 fully saturated rings. The molecule has 0 aromatic heterocycles. The molecule has 208 valence electrons. The van der Waals surface area contributed by atoms with Crippen LogP contribution in [-0.2, 0) is 34.0 Å². The van der Waals surface area contributed by atoms with Crippen LogP contribution in [0.25, 0.3) is 0 Å². The molecule has 2 heterocycles. The molecule has 1 atom stereocenters. The zero-order chi connectivity index (χ0) is 28.8. The summed E-state index contributed by atoms with van der Waals surface area (Å²) in [5.74, 6) is -2.14. The van der Waals surface area contributed by atoms with Crippen molar-refractivity contribution >= 4 is 44.9 Å². The van der Waals surface area contributed by atoms with E-state index in [1.165, 1.54) is 24.3 Å². The Labute approximate surface area is 235 Å². The topological polar surface area (TPSA) is 144 Å². The Kier molecular flexibility index (Phi) is 7.19. The average molecular weight is 584 g/mol. The molecule has 0 spiro atoms. The van der Waals surface area contributed by atoms with Crippen LogP contribution in [0.1, 0.15) is 37.4 Å². The van der Waals surface area contributed by atoms with Crippen LogP contribution in [0, 0.1) is 0 Å². The van der Waals surface area contributed by atoms with Crippen LogP contribution in [0.4, 0.5) is 5.69 Å². The highest BCUT2D eigenvalue weighted by Gasteiger charge is 2.38. The van der Waals surface area contributed by atoms with Crippen molar-refractivity contribution in [3.8, 4) is 5.75 Å². The molecular formula is C28H26ClN3O7S. The molecule has 0 bridgehead atoms. The fourth-order valence-corrected chi connectivity index (χ4v) is 6.21. The second-order valence-electron chi connectivity index (χ2n) is 9.92. The van der Waals surface area contributed by atoms with Gasteiger partial charge in [-0.1, -0.05) is 35.9 Å². The highest BCUT2D eigenvalue weighted by Crippen LogP contribution is 2.41. The van der Waals surface area contributed by atoms with Crippen molar-refractivity contribution in [3.05, 3.63) is 87.4 Å². The summed E-state index contributed by atoms with van der Waals surface area (Å²) in [6.45, 7) is 1.10. The number of aromatic hydroxyl groups is 1. The number of phenols is 1. The molecule has 0 saturated carbocycles. The maximum atomic E-state index is 13.4. The summed E-state index contributed by atoms with van der Waals surface area (Å²) in [5, 5.41) is 22.2. The predicted molar refractivity (Wildman–Crippen MR) is 147 cm³/mol. The maximum absolute atomic E-state index is 13.4. The number of carbonyl (C=O) groups excluding carboxylic acids is 2. The molecule has 0 radical (unpaired) electrons. The molecule has 12 heteroatoms. The minimum atomic E-state index is -3.49. The number of aliphatic carboxylic acids is 1. The van der Waals surface area contributed by atoms with E-state index < -0.39 is 27.8 Å². The third-order valence-corrected chi connectivity index (χ3v) is 8.45. The number of anilines is 1. The van der Waals surface area contributed by atoms with Crippen LogP contribution in [0.15, 0.2) is 59.5 Å². The lowest BCUT2D eigenvalue weighted by atomic mass is 9.97. The number of carboxylic acid groups (broad SMARTS) is 1. The van der Waals surface area contributed by atoms with Gasteiger partial charge in [0, 0.05) is 25.8 Å². The summed E-state index contributed by atoms with van der Waals surface area (Å²) >= 11 is 6.55. The van der Waals surface area contributed by atoms with E-state index in [1.54, 1.807) is 29.2 Å². The number of halogens is 1. The van der Waals surface area contributed by atoms with Gasteiger partial charge in [-0.05, 0) is 53.4 Å². The minimum absolute atomic E-state index is 0.0314. The largest absolute Gasteiger partial charge is 0.508 e. The number of carbonyl (C=O) groups is 3. The summed E-state index contributed by atoms with van der Waals surface area (Å²) < 4.78 is 23.8. The number of phenolic OH excluding ortho intramolecular Hbond substituents is 1. The van der Waals surface area contributed by atoms with E-state index >= 15 is 0 Å². The smallest absolute Gasteiger partial charge is 0.326 e. The van der Waals surface area contributed by atoms with Crippen molar-refractivity contribution in [1.82, 2.24) is 10.2 Å². The number of nitrogens with one attached hydrogen (secondary N) is 1. The van der Waals surface area contributed by atoms with Crippen LogP contribution in [0.2, 0.25) is 5.02 Å². The highest BCUT2D eigenvalue weighted by molar-refractivity contribution is 7.90. The lowest BCUT2D eigenvalue weighted by Gasteiger charge is -2.36. The highest BCUT2D eigenvalue weighted by atomic mass is 35.5. The SMILES string of the molecule is CS(=O)(=O)c1cccc(C[C@H](NC(=O)c2c(Cl)cc3c4c2CCN4CN(Cc2cccc(O)c2)C3=O)C(=O)O)c1. The molecule has 2 aliphatic rings. The van der Waals surface area contributed by atoms with Gasteiger partial charge < -0.3 is 25.3 Å². The average Bonchev–Trinajstić information content (AvgIpc) is 3.29. The van der Waals surface area contributed by atoms with E-state index in [4.69, 9.17) is 11.6 Å². The Bertz CT molecular complexity index is 1660. The Morgan fingerprint density at radius 2 is 1.82 bits per heavy atom. The molecule has 0 aliphatic carbocycles. The molecule has 5 rings (SSSR count). The fourth-order valence-electron chi connectivity index (χ4n) is 5.21. The molecule has 40 heavy (non-hydrogen) atoms. The van der Waals surface area contributed by atoms with Gasteiger partial charge in [-0.2, -0.15) is 0 Å². The third-order valence-electron chi connectivity index (χ3n) is 7.04. The first-order valence-electron chi connectivity index (χ1n) is 12.4. The van der Waals surface area contributed by atoms with Crippen LogP contribution >= 0.6 is 11.6 Å². The zero-order valence-electron chi connectivity index (χ0n) is 21.4. The van der Waals surface area contributed by atoms with Crippen molar-refractivity contribution in [2.75, 3.05) is 24.4 Å². The molecule has 10 nitrogen and oxygen atoms in total. The van der Waals surface area contributed by atoms with Gasteiger partial charge in [0.2, 0.25) is 0 Å². The molecule has 2 aliphatic heterocycles. The van der Waals surface area contributed by atoms with Gasteiger partial charge in [-0.25, -0.2) is 13.2 Å². The maximum Gasteiger partial charge on any atom is 0.326 e. The monoisotopic (exact) mass is 583 g/mol. The van der Waals surface area contributed by atoms with Crippen LogP contribution in [0.5, 0.6) is 5.75 Å². The van der Waals surface area contributed by atoms with Gasteiger partial charge >= 0.3 is 5.97 Å². The normalized spacial score (nSPS) is 15.1. The van der Waals surface area contributed by atoms with Crippen molar-refractivity contribution in [3.63, 3.8) is 0 Å². The summed E-state index contributed by atoms with van der Waals surface area (Å²) in [6, 6.07) is 12.7. The zero-order valence-corrected chi connectivity index (χ0v) is 23.0. The summed E-state index contributed by atoms with van der Waals surface area (Å²) in [4.78, 5) is 42.5. The van der Waals surface area contributed by atoms with Gasteiger partial charge in [0.1, 0.15) is 11.8 Å². The van der Waals surface area contributed by atoms with E-state index in [-0.39, 0.29) is 46.8 Å². The number of rotatable bonds is 8. The van der Waals surface area contributed by atoms with Gasteiger partial charge in [0.15, 0.2) is 9.84 Å². The van der Waals surface area contributed by atoms with Crippen LogP contribution in [-0.4, -0.2) is 66.8 Å². The lowest BCUT2D eigenvalue weighted by Crippen LogP contribution is -2.45. The lowest BCUT2D eigenvalue weighted by molar-refractivity contribution is -0.139. The molecule has 3 aromatic rings. The van der Waals surface area contributed by atoms with Gasteiger partial charge in [0.05, 0.1) is 33.4 Å². The van der Waals surface area contributed by atoms with Gasteiger partial charge in [0.25, 0.3) is 11.8 Å². The summed E-state index contributed by atoms with van der Waals surface area (Å²) in [5.41, 5.74) is 2.86. The van der Waals surface area contributed by atoms with Crippen molar-refractivity contribution in [1.29, 1.82) is 0 Å². The Morgan fingerprint density at radius 1 is 1.10 bits per heavy atom. The van der Waals surface area contributed by atoms with Gasteiger partial charge in [-0.15, -0.1) is 0 Å². The first-order valence-corrected chi connectivity index (χ1v) is 14.7. The molecule has 2 amide bonds. The van der Waals surface area contributed by atoms with Crippen LogP contribution in [0.3, 0.4) is 0 Å². The van der Waals surface area contributed by atoms with Gasteiger partial charge in [-0.3, -0.25) is 9.59 Å². The van der Waals surface area contributed by atoms with E-state index in [1.807, 2.05) is 11.0 Å². The van der Waals surface area contributed by atoms with E-state index in [9.17, 15) is 33.0 Å². The van der Waals surface area contributed by atoms with E-state index in [0.717, 1.165) is 11.8 Å². The van der Waals surface area contributed by atoms with Crippen molar-refractivity contribution in [2.45, 2.75) is 30.3 Å². The number of benzene rings is 3. The molecule has 3 N–H and O–H groups in total. The Morgan fingerprint density at radius 3 is 2.52 bits per heavy atom. The quantitative estimate of drug-likeness (QED) is 0.367. The number of amides is 2. The third kappa shape index (κ3) is 5.34. The number of hydrogen-bond acceptors (Lipinski definition) is 7. The molecule has 0 unspecified atom stereocenters. The first kappa shape index (κ1) is 27.5. The number of sulfone groups is 1. The summed E-state index contributed by atoms with van der Waals surface area (Å²) in [7, 11) is -3.49. The fraction of sp³-hybridized carbons (Fsp3) is 0.250. The summed E-state index contributed by atoms with van der Waals surface area (Å²) in [6.07, 6.45) is 1.35. The standard InChI is InChI=1S/C28H26ClN3O7S/c1-40(38,39)19-7-3-4-16(11-19)12-23(28(36)37)30-26(34)24-20-8-9-31-15-32(14-17-5-2-6-18(33)10-17)27(35)21(25(20)31)13-22(24)29/h2-7,10-11,13,23,33H,8-9,12,14-15H2,1H3,(H,30,34)(H,36,37)/t23-/m0/s1. The van der Waals surface area contributed by atoms with Crippen molar-refractivity contribution < 1.29 is 33.0 Å². The second-order valence-corrected chi connectivity index (χ2v) is 12.3. The molecular weight excluding hydrogens is 558 g/mol. The second kappa shape index (κ2) is 10.5. The van der Waals surface area contributed by atoms with E-state index in [0.29, 0.717) is 35.3 Å². The number of carboxylic acids is 1. The first-order chi connectivity index (χ1) is 18.9. The van der Waals surface area contributed by atoms with Crippen LogP contribution < -0.4 is 10.2 Å². The Balaban J connectivity index is 1.40. The minimum Gasteiger partial charge on any atom is -0.508 e.